The first kappa shape index (κ1) is 26.2. The normalized spacial score (nSPS) is 18.6. The highest BCUT2D eigenvalue weighted by Gasteiger charge is 2.39. The van der Waals surface area contributed by atoms with Crippen LogP contribution in [0.4, 0.5) is 20.8 Å². The quantitative estimate of drug-likeness (QED) is 0.458. The molecule has 0 radical (unpaired) electrons. The van der Waals surface area contributed by atoms with Gasteiger partial charge in [-0.1, -0.05) is 43.2 Å². The van der Waals surface area contributed by atoms with E-state index in [0.29, 0.717) is 12.8 Å². The van der Waals surface area contributed by atoms with Crippen molar-refractivity contribution in [3.63, 3.8) is 0 Å². The van der Waals surface area contributed by atoms with Crippen molar-refractivity contribution in [1.82, 2.24) is 15.2 Å². The molecule has 0 aliphatic heterocycles. The zero-order chi connectivity index (χ0) is 26.0. The number of aromatic nitrogens is 1. The van der Waals surface area contributed by atoms with Gasteiger partial charge < -0.3 is 21.5 Å². The van der Waals surface area contributed by atoms with Gasteiger partial charge in [0.1, 0.15) is 5.82 Å². The Morgan fingerprint density at radius 1 is 1.11 bits per heavy atom. The van der Waals surface area contributed by atoms with Crippen LogP contribution in [0.15, 0.2) is 36.4 Å². The Hall–Kier alpha value is -3.36. The van der Waals surface area contributed by atoms with E-state index in [1.165, 1.54) is 4.90 Å². The zero-order valence-corrected chi connectivity index (χ0v) is 21.1. The second-order valence-corrected chi connectivity index (χ2v) is 10.6. The van der Waals surface area contributed by atoms with E-state index in [-0.39, 0.29) is 29.3 Å². The van der Waals surface area contributed by atoms with Crippen molar-refractivity contribution in [2.75, 3.05) is 11.1 Å². The highest BCUT2D eigenvalue weighted by molar-refractivity contribution is 5.99. The first-order chi connectivity index (χ1) is 16.3. The molecule has 1 aromatic heterocycles. The van der Waals surface area contributed by atoms with E-state index in [0.717, 1.165) is 24.5 Å². The number of carboxylic acid groups (broad SMARTS) is 1. The Morgan fingerprint density at radius 2 is 1.74 bits per heavy atom. The number of carbonyl (C=O) groups excluding carboxylic acids is 1. The Balaban J connectivity index is 1.82. The number of rotatable bonds is 6. The fourth-order valence-electron chi connectivity index (χ4n) is 4.75. The number of amides is 2. The molecule has 1 aromatic carbocycles. The van der Waals surface area contributed by atoms with Crippen LogP contribution in [0.5, 0.6) is 0 Å². The number of carbonyl (C=O) groups is 2. The molecule has 2 unspecified atom stereocenters. The van der Waals surface area contributed by atoms with Gasteiger partial charge in [0.15, 0.2) is 11.6 Å². The van der Waals surface area contributed by atoms with Crippen LogP contribution in [0.1, 0.15) is 76.2 Å². The predicted molar refractivity (Wildman–Crippen MR) is 135 cm³/mol. The van der Waals surface area contributed by atoms with Crippen LogP contribution in [0.3, 0.4) is 0 Å². The summed E-state index contributed by atoms with van der Waals surface area (Å²) in [6, 6.07) is 9.83. The number of benzene rings is 1. The number of pyridine rings is 1. The molecule has 2 aromatic rings. The van der Waals surface area contributed by atoms with Gasteiger partial charge >= 0.3 is 6.09 Å². The number of nitrogens with one attached hydrogen (secondary N) is 2. The molecule has 8 nitrogen and oxygen atoms in total. The van der Waals surface area contributed by atoms with Gasteiger partial charge in [-0.2, -0.15) is 0 Å². The van der Waals surface area contributed by atoms with Crippen LogP contribution in [-0.2, 0) is 5.54 Å². The highest BCUT2D eigenvalue weighted by atomic mass is 19.1. The van der Waals surface area contributed by atoms with Gasteiger partial charge in [0.25, 0.3) is 5.91 Å². The number of halogens is 1. The van der Waals surface area contributed by atoms with Gasteiger partial charge in [-0.3, -0.25) is 9.69 Å². The van der Waals surface area contributed by atoms with Crippen molar-refractivity contribution < 1.29 is 19.1 Å². The lowest BCUT2D eigenvalue weighted by Crippen LogP contribution is -2.58. The van der Waals surface area contributed by atoms with Crippen molar-refractivity contribution in [3.8, 4) is 0 Å². The van der Waals surface area contributed by atoms with Crippen LogP contribution in [0, 0.1) is 5.82 Å². The van der Waals surface area contributed by atoms with Gasteiger partial charge in [0.05, 0.1) is 17.1 Å². The molecular weight excluding hydrogens is 449 g/mol. The topological polar surface area (TPSA) is 121 Å². The lowest BCUT2D eigenvalue weighted by atomic mass is 9.86. The summed E-state index contributed by atoms with van der Waals surface area (Å²) in [5.74, 6) is -1.44. The minimum Gasteiger partial charge on any atom is -0.465 e. The second kappa shape index (κ2) is 10.1. The average molecular weight is 486 g/mol. The summed E-state index contributed by atoms with van der Waals surface area (Å²) in [6.45, 7) is 9.22. The standard InChI is InChI=1S/C26H36FN5O3/c1-25(2,3)32(24(34)35)20-14-10-9-13-19(20)29-22-18(27)15-17(21(28)30-22)23(33)31-26(4,5)16-11-7-6-8-12-16/h6-8,11-12,15,19-20H,9-10,13-14H2,1-5H3,(H,31,33)(H,34,35)(H3,28,29,30). The van der Waals surface area contributed by atoms with E-state index in [1.807, 2.05) is 65.0 Å². The summed E-state index contributed by atoms with van der Waals surface area (Å²) in [6.07, 6.45) is 2.08. The molecule has 3 rings (SSSR count). The summed E-state index contributed by atoms with van der Waals surface area (Å²) >= 11 is 0. The monoisotopic (exact) mass is 485 g/mol. The Kier molecular flexibility index (Phi) is 7.57. The Labute approximate surface area is 206 Å². The van der Waals surface area contributed by atoms with Crippen molar-refractivity contribution in [2.24, 2.45) is 0 Å². The second-order valence-electron chi connectivity index (χ2n) is 10.6. The molecule has 9 heteroatoms. The van der Waals surface area contributed by atoms with E-state index in [2.05, 4.69) is 15.6 Å². The van der Waals surface area contributed by atoms with Crippen molar-refractivity contribution in [3.05, 3.63) is 53.3 Å². The van der Waals surface area contributed by atoms with E-state index in [9.17, 15) is 14.7 Å². The molecule has 0 saturated heterocycles. The lowest BCUT2D eigenvalue weighted by molar-refractivity contribution is 0.0519. The van der Waals surface area contributed by atoms with E-state index < -0.39 is 28.9 Å². The molecule has 35 heavy (non-hydrogen) atoms. The fourth-order valence-corrected chi connectivity index (χ4v) is 4.75. The number of hydrogen-bond donors (Lipinski definition) is 4. The van der Waals surface area contributed by atoms with Gasteiger partial charge in [-0.05, 0) is 59.1 Å². The molecule has 5 N–H and O–H groups in total. The number of nitrogens with two attached hydrogens (primary N) is 1. The summed E-state index contributed by atoms with van der Waals surface area (Å²) in [7, 11) is 0. The minimum absolute atomic E-state index is 0.0564. The maximum Gasteiger partial charge on any atom is 0.408 e. The molecule has 190 valence electrons. The summed E-state index contributed by atoms with van der Waals surface area (Å²) in [5.41, 5.74) is 5.59. The first-order valence-electron chi connectivity index (χ1n) is 11.9. The molecule has 0 spiro atoms. The SMILES string of the molecule is CC(C)(NC(=O)c1cc(F)c(NC2CCCCC2N(C(=O)O)C(C)(C)C)nc1N)c1ccccc1. The number of anilines is 2. The molecule has 0 bridgehead atoms. The smallest absolute Gasteiger partial charge is 0.408 e. The zero-order valence-electron chi connectivity index (χ0n) is 21.1. The van der Waals surface area contributed by atoms with Gasteiger partial charge in [-0.25, -0.2) is 14.2 Å². The Bertz CT molecular complexity index is 1070. The molecule has 1 fully saturated rings. The van der Waals surface area contributed by atoms with Gasteiger partial charge in [-0.15, -0.1) is 0 Å². The molecule has 2 atom stereocenters. The fraction of sp³-hybridized carbons (Fsp3) is 0.500. The third kappa shape index (κ3) is 6.01. The third-order valence-corrected chi connectivity index (χ3v) is 6.48. The van der Waals surface area contributed by atoms with E-state index in [4.69, 9.17) is 5.73 Å². The minimum atomic E-state index is -1.02. The van der Waals surface area contributed by atoms with Crippen LogP contribution in [-0.4, -0.2) is 44.6 Å². The van der Waals surface area contributed by atoms with E-state index >= 15 is 4.39 Å². The maximum absolute atomic E-state index is 15.1. The highest BCUT2D eigenvalue weighted by Crippen LogP contribution is 2.31. The number of nitrogen functional groups attached to an aromatic ring is 1. The molecular formula is C26H36FN5O3. The van der Waals surface area contributed by atoms with Gasteiger partial charge in [0, 0.05) is 11.6 Å². The van der Waals surface area contributed by atoms with Crippen LogP contribution >= 0.6 is 0 Å². The summed E-state index contributed by atoms with van der Waals surface area (Å²) < 4.78 is 15.1. The van der Waals surface area contributed by atoms with Gasteiger partial charge in [0.2, 0.25) is 0 Å². The third-order valence-electron chi connectivity index (χ3n) is 6.48. The molecule has 1 heterocycles. The summed E-state index contributed by atoms with van der Waals surface area (Å²) in [4.78, 5) is 30.6. The molecule has 2 amide bonds. The largest absolute Gasteiger partial charge is 0.465 e. The van der Waals surface area contributed by atoms with E-state index in [1.54, 1.807) is 0 Å². The molecule has 1 aliphatic carbocycles. The van der Waals surface area contributed by atoms with Crippen molar-refractivity contribution >= 4 is 23.6 Å². The van der Waals surface area contributed by atoms with Crippen molar-refractivity contribution in [1.29, 1.82) is 0 Å². The molecule has 1 saturated carbocycles. The van der Waals surface area contributed by atoms with Crippen LogP contribution in [0.2, 0.25) is 0 Å². The number of nitrogens with zero attached hydrogens (tertiary/aromatic N) is 2. The summed E-state index contributed by atoms with van der Waals surface area (Å²) in [5, 5.41) is 15.8. The average Bonchev–Trinajstić information content (AvgIpc) is 2.76. The number of hydrogen-bond acceptors (Lipinski definition) is 5. The van der Waals surface area contributed by atoms with Crippen LogP contribution < -0.4 is 16.4 Å². The maximum atomic E-state index is 15.1. The van der Waals surface area contributed by atoms with Crippen LogP contribution in [0.25, 0.3) is 0 Å². The molecule has 1 aliphatic rings. The first-order valence-corrected chi connectivity index (χ1v) is 11.9. The Morgan fingerprint density at radius 3 is 2.34 bits per heavy atom. The predicted octanol–water partition coefficient (Wildman–Crippen LogP) is 4.97. The van der Waals surface area contributed by atoms with Crippen molar-refractivity contribution in [2.45, 2.75) is 83.5 Å². The lowest BCUT2D eigenvalue weighted by Gasteiger charge is -2.45.